The highest BCUT2D eigenvalue weighted by Gasteiger charge is 2.15. The molecule has 2 aromatic rings. The van der Waals surface area contributed by atoms with Crippen LogP contribution in [0.2, 0.25) is 0 Å². The average Bonchev–Trinajstić information content (AvgIpc) is 2.72. The molecule has 0 unspecified atom stereocenters. The fraction of sp³-hybridized carbons (Fsp3) is 0.250. The first-order valence-electron chi connectivity index (χ1n) is 5.54. The topological polar surface area (TPSA) is 57.0 Å². The predicted octanol–water partition coefficient (Wildman–Crippen LogP) is 2.82. The zero-order valence-corrected chi connectivity index (χ0v) is 11.0. The molecule has 1 heterocycles. The van der Waals surface area contributed by atoms with Crippen molar-refractivity contribution in [3.8, 4) is 5.69 Å². The summed E-state index contributed by atoms with van der Waals surface area (Å²) in [7, 11) is 0. The maximum Gasteiger partial charge on any atom is 0.375 e. The van der Waals surface area contributed by atoms with Crippen LogP contribution < -0.4 is 0 Å². The summed E-state index contributed by atoms with van der Waals surface area (Å²) in [6.45, 7) is 3.96. The molecule has 94 valence electrons. The highest BCUT2D eigenvalue weighted by Crippen LogP contribution is 2.22. The van der Waals surface area contributed by atoms with E-state index in [-0.39, 0.29) is 5.30 Å². The maximum absolute atomic E-state index is 11.5. The standard InChI is InChI=1S/C12H13N3O2S/c1-3-17-12(16)18-11-14-13-9(2)15(11)10-7-5-4-6-8-10/h4-8H,3H2,1-2H3. The van der Waals surface area contributed by atoms with E-state index in [1.54, 1.807) is 6.92 Å². The molecular weight excluding hydrogens is 250 g/mol. The van der Waals surface area contributed by atoms with Crippen LogP contribution in [0.25, 0.3) is 5.69 Å². The molecule has 0 spiro atoms. The number of benzene rings is 1. The third-order valence-corrected chi connectivity index (χ3v) is 2.98. The second-order valence-electron chi connectivity index (χ2n) is 3.49. The SMILES string of the molecule is CCOC(=O)Sc1nnc(C)n1-c1ccccc1. The molecule has 1 aromatic heterocycles. The molecule has 0 fully saturated rings. The molecule has 0 N–H and O–H groups in total. The number of para-hydroxylation sites is 1. The summed E-state index contributed by atoms with van der Waals surface area (Å²) >= 11 is 0.939. The van der Waals surface area contributed by atoms with Crippen LogP contribution in [-0.4, -0.2) is 26.7 Å². The lowest BCUT2D eigenvalue weighted by atomic mass is 10.3. The number of hydrogen-bond donors (Lipinski definition) is 0. The Morgan fingerprint density at radius 1 is 1.33 bits per heavy atom. The van der Waals surface area contributed by atoms with Crippen LogP contribution in [0, 0.1) is 6.92 Å². The number of hydrogen-bond acceptors (Lipinski definition) is 5. The van der Waals surface area contributed by atoms with E-state index in [0.29, 0.717) is 11.8 Å². The summed E-state index contributed by atoms with van der Waals surface area (Å²) in [5.74, 6) is 0.730. The minimum absolute atomic E-state index is 0.351. The molecule has 0 saturated carbocycles. The Balaban J connectivity index is 2.31. The van der Waals surface area contributed by atoms with Gasteiger partial charge in [0.05, 0.1) is 6.61 Å². The van der Waals surface area contributed by atoms with E-state index in [9.17, 15) is 4.79 Å². The maximum atomic E-state index is 11.5. The van der Waals surface area contributed by atoms with Gasteiger partial charge in [-0.15, -0.1) is 10.2 Å². The Bertz CT molecular complexity index is 540. The van der Waals surface area contributed by atoms with E-state index in [4.69, 9.17) is 4.74 Å². The van der Waals surface area contributed by atoms with E-state index in [1.165, 1.54) is 0 Å². The van der Waals surface area contributed by atoms with E-state index < -0.39 is 0 Å². The van der Waals surface area contributed by atoms with E-state index >= 15 is 0 Å². The van der Waals surface area contributed by atoms with Gasteiger partial charge < -0.3 is 4.74 Å². The molecule has 0 bridgehead atoms. The second-order valence-corrected chi connectivity index (χ2v) is 4.39. The van der Waals surface area contributed by atoms with Crippen LogP contribution in [0.1, 0.15) is 12.7 Å². The van der Waals surface area contributed by atoms with Crippen LogP contribution in [-0.2, 0) is 4.74 Å². The van der Waals surface area contributed by atoms with Gasteiger partial charge in [-0.1, -0.05) is 18.2 Å². The number of aromatic nitrogens is 3. The van der Waals surface area contributed by atoms with E-state index in [2.05, 4.69) is 10.2 Å². The molecule has 2 rings (SSSR count). The Kier molecular flexibility index (Phi) is 3.99. The van der Waals surface area contributed by atoms with Crippen molar-refractivity contribution in [2.75, 3.05) is 6.61 Å². The van der Waals surface area contributed by atoms with Crippen LogP contribution in [0.5, 0.6) is 0 Å². The number of nitrogens with zero attached hydrogens (tertiary/aromatic N) is 3. The van der Waals surface area contributed by atoms with Gasteiger partial charge >= 0.3 is 5.30 Å². The van der Waals surface area contributed by atoms with Gasteiger partial charge in [-0.25, -0.2) is 4.79 Å². The largest absolute Gasteiger partial charge is 0.458 e. The Labute approximate surface area is 109 Å². The molecule has 0 saturated heterocycles. The predicted molar refractivity (Wildman–Crippen MR) is 69.0 cm³/mol. The van der Waals surface area contributed by atoms with Gasteiger partial charge in [0.15, 0.2) is 0 Å². The summed E-state index contributed by atoms with van der Waals surface area (Å²) in [4.78, 5) is 11.5. The molecule has 18 heavy (non-hydrogen) atoms. The minimum atomic E-state index is -0.373. The fourth-order valence-electron chi connectivity index (χ4n) is 1.51. The van der Waals surface area contributed by atoms with E-state index in [0.717, 1.165) is 23.3 Å². The van der Waals surface area contributed by atoms with Crippen molar-refractivity contribution in [3.05, 3.63) is 36.2 Å². The quantitative estimate of drug-likeness (QED) is 0.629. The summed E-state index contributed by atoms with van der Waals surface area (Å²) in [6, 6.07) is 9.65. The molecule has 5 nitrogen and oxygen atoms in total. The molecular formula is C12H13N3O2S. The van der Waals surface area contributed by atoms with Crippen molar-refractivity contribution in [1.82, 2.24) is 14.8 Å². The molecule has 0 aliphatic carbocycles. The summed E-state index contributed by atoms with van der Waals surface area (Å²) < 4.78 is 6.71. The fourth-order valence-corrected chi connectivity index (χ4v) is 2.24. The first-order valence-corrected chi connectivity index (χ1v) is 6.36. The van der Waals surface area contributed by atoms with Gasteiger partial charge in [0.2, 0.25) is 5.16 Å². The summed E-state index contributed by atoms with van der Waals surface area (Å²) in [6.07, 6.45) is 0. The lowest BCUT2D eigenvalue weighted by molar-refractivity contribution is 0.181. The lowest BCUT2D eigenvalue weighted by Gasteiger charge is -2.07. The Hall–Kier alpha value is -1.82. The third kappa shape index (κ3) is 2.70. The van der Waals surface area contributed by atoms with Gasteiger partial charge in [0.1, 0.15) is 5.82 Å². The molecule has 0 amide bonds. The normalized spacial score (nSPS) is 10.3. The Morgan fingerprint density at radius 3 is 2.72 bits per heavy atom. The summed E-state index contributed by atoms with van der Waals surface area (Å²) in [5.41, 5.74) is 0.923. The molecule has 0 atom stereocenters. The average molecular weight is 263 g/mol. The van der Waals surface area contributed by atoms with Gasteiger partial charge in [0.25, 0.3) is 0 Å². The molecule has 0 aliphatic heterocycles. The third-order valence-electron chi connectivity index (χ3n) is 2.25. The Morgan fingerprint density at radius 2 is 2.06 bits per heavy atom. The van der Waals surface area contributed by atoms with Crippen LogP contribution >= 0.6 is 11.8 Å². The number of aryl methyl sites for hydroxylation is 1. The molecule has 0 aliphatic rings. The number of thioether (sulfide) groups is 1. The van der Waals surface area contributed by atoms with Crippen molar-refractivity contribution >= 4 is 17.1 Å². The smallest absolute Gasteiger partial charge is 0.375 e. The van der Waals surface area contributed by atoms with Crippen LogP contribution in [0.4, 0.5) is 4.79 Å². The first kappa shape index (κ1) is 12.6. The molecule has 1 aromatic carbocycles. The molecule has 0 radical (unpaired) electrons. The second kappa shape index (κ2) is 5.68. The minimum Gasteiger partial charge on any atom is -0.458 e. The number of carbonyl (C=O) groups is 1. The van der Waals surface area contributed by atoms with E-state index in [1.807, 2.05) is 41.8 Å². The highest BCUT2D eigenvalue weighted by atomic mass is 32.2. The van der Waals surface area contributed by atoms with Crippen LogP contribution in [0.3, 0.4) is 0 Å². The van der Waals surface area contributed by atoms with Crippen molar-refractivity contribution in [3.63, 3.8) is 0 Å². The number of ether oxygens (including phenoxy) is 1. The van der Waals surface area contributed by atoms with Gasteiger partial charge in [-0.2, -0.15) is 0 Å². The first-order chi connectivity index (χ1) is 8.72. The van der Waals surface area contributed by atoms with Gasteiger partial charge in [0, 0.05) is 17.4 Å². The zero-order chi connectivity index (χ0) is 13.0. The van der Waals surface area contributed by atoms with Gasteiger partial charge in [-0.3, -0.25) is 4.57 Å². The number of carbonyl (C=O) groups excluding carboxylic acids is 1. The zero-order valence-electron chi connectivity index (χ0n) is 10.2. The highest BCUT2D eigenvalue weighted by molar-refractivity contribution is 8.13. The monoisotopic (exact) mass is 263 g/mol. The van der Waals surface area contributed by atoms with Crippen molar-refractivity contribution in [2.24, 2.45) is 0 Å². The lowest BCUT2D eigenvalue weighted by Crippen LogP contribution is -2.02. The summed E-state index contributed by atoms with van der Waals surface area (Å²) in [5, 5.41) is 8.12. The van der Waals surface area contributed by atoms with Crippen LogP contribution in [0.15, 0.2) is 35.5 Å². The van der Waals surface area contributed by atoms with Crippen molar-refractivity contribution in [2.45, 2.75) is 19.0 Å². The van der Waals surface area contributed by atoms with Crippen molar-refractivity contribution < 1.29 is 9.53 Å². The van der Waals surface area contributed by atoms with Gasteiger partial charge in [-0.05, 0) is 26.0 Å². The number of rotatable bonds is 3. The molecule has 6 heteroatoms. The van der Waals surface area contributed by atoms with Crippen molar-refractivity contribution in [1.29, 1.82) is 0 Å².